The molecule has 6 rings (SSSR count). The van der Waals surface area contributed by atoms with E-state index in [1.54, 1.807) is 0 Å². The molecule has 0 fully saturated rings. The molecule has 3 nitrogen and oxygen atoms in total. The molecule has 0 bridgehead atoms. The standard InChI is InChI=1S/C25H16N2O/c28-25(21-13-17-11-9-15-5-1-3-7-19(15)23(17)26-21)22-14-18-12-10-16-6-2-4-8-20(16)24(18)27-22/h1-14,26-27H. The lowest BCUT2D eigenvalue weighted by Gasteiger charge is -1.99. The Balaban J connectivity index is 1.52. The minimum absolute atomic E-state index is 0.0273. The highest BCUT2D eigenvalue weighted by atomic mass is 16.1. The molecule has 2 aromatic heterocycles. The first-order valence-electron chi connectivity index (χ1n) is 9.33. The first-order chi connectivity index (χ1) is 13.8. The number of nitrogens with one attached hydrogen (secondary N) is 2. The molecule has 2 heterocycles. The van der Waals surface area contributed by atoms with Gasteiger partial charge >= 0.3 is 0 Å². The summed E-state index contributed by atoms with van der Waals surface area (Å²) in [6.07, 6.45) is 0. The number of aromatic amines is 2. The van der Waals surface area contributed by atoms with Crippen LogP contribution in [0.2, 0.25) is 0 Å². The molecular weight excluding hydrogens is 344 g/mol. The number of rotatable bonds is 2. The second-order valence-corrected chi connectivity index (χ2v) is 7.20. The van der Waals surface area contributed by atoms with E-state index in [-0.39, 0.29) is 5.78 Å². The fraction of sp³-hybridized carbons (Fsp3) is 0. The number of aromatic nitrogens is 2. The van der Waals surface area contributed by atoms with Crippen molar-refractivity contribution in [1.29, 1.82) is 0 Å². The fourth-order valence-corrected chi connectivity index (χ4v) is 4.14. The zero-order valence-electron chi connectivity index (χ0n) is 15.0. The lowest BCUT2D eigenvalue weighted by atomic mass is 10.1. The van der Waals surface area contributed by atoms with Crippen molar-refractivity contribution in [3.05, 3.63) is 96.3 Å². The van der Waals surface area contributed by atoms with E-state index in [1.807, 2.05) is 36.4 Å². The van der Waals surface area contributed by atoms with E-state index >= 15 is 0 Å². The smallest absolute Gasteiger partial charge is 0.225 e. The van der Waals surface area contributed by atoms with Crippen molar-refractivity contribution in [1.82, 2.24) is 9.97 Å². The quantitative estimate of drug-likeness (QED) is 0.356. The monoisotopic (exact) mass is 360 g/mol. The molecule has 0 amide bonds. The van der Waals surface area contributed by atoms with Gasteiger partial charge in [0.05, 0.1) is 22.4 Å². The van der Waals surface area contributed by atoms with E-state index in [4.69, 9.17) is 0 Å². The summed E-state index contributed by atoms with van der Waals surface area (Å²) in [6, 6.07) is 28.6. The van der Waals surface area contributed by atoms with Crippen molar-refractivity contribution < 1.29 is 4.79 Å². The first kappa shape index (κ1) is 15.2. The number of hydrogen-bond donors (Lipinski definition) is 2. The summed E-state index contributed by atoms with van der Waals surface area (Å²) in [4.78, 5) is 19.9. The van der Waals surface area contributed by atoms with E-state index in [9.17, 15) is 4.79 Å². The largest absolute Gasteiger partial charge is 0.351 e. The Hall–Kier alpha value is -3.85. The van der Waals surface area contributed by atoms with Crippen LogP contribution in [0.1, 0.15) is 16.2 Å². The summed E-state index contributed by atoms with van der Waals surface area (Å²) in [6.45, 7) is 0. The Labute approximate surface area is 160 Å². The predicted octanol–water partition coefficient (Wildman–Crippen LogP) is 6.19. The molecule has 0 radical (unpaired) electrons. The van der Waals surface area contributed by atoms with E-state index in [0.29, 0.717) is 11.4 Å². The molecule has 6 aromatic rings. The zero-order chi connectivity index (χ0) is 18.7. The third kappa shape index (κ3) is 2.13. The van der Waals surface area contributed by atoms with Gasteiger partial charge in [0.15, 0.2) is 0 Å². The van der Waals surface area contributed by atoms with Crippen LogP contribution in [0.3, 0.4) is 0 Å². The number of hydrogen-bond acceptors (Lipinski definition) is 1. The van der Waals surface area contributed by atoms with Crippen LogP contribution in [0, 0.1) is 0 Å². The number of benzene rings is 4. The molecule has 0 unspecified atom stereocenters. The average Bonchev–Trinajstić information content (AvgIpc) is 3.38. The van der Waals surface area contributed by atoms with Crippen molar-refractivity contribution in [2.45, 2.75) is 0 Å². The van der Waals surface area contributed by atoms with Gasteiger partial charge in [-0.3, -0.25) is 4.79 Å². The van der Waals surface area contributed by atoms with Gasteiger partial charge in [0.25, 0.3) is 0 Å². The van der Waals surface area contributed by atoms with Crippen molar-refractivity contribution in [2.24, 2.45) is 0 Å². The molecule has 4 aromatic carbocycles. The van der Waals surface area contributed by atoms with Gasteiger partial charge in [0.1, 0.15) is 0 Å². The van der Waals surface area contributed by atoms with Crippen LogP contribution < -0.4 is 0 Å². The molecule has 0 aliphatic heterocycles. The number of fused-ring (bicyclic) bond motifs is 6. The molecule has 2 N–H and O–H groups in total. The van der Waals surface area contributed by atoms with Crippen LogP contribution in [-0.2, 0) is 0 Å². The van der Waals surface area contributed by atoms with Gasteiger partial charge in [0.2, 0.25) is 5.78 Å². The normalized spacial score (nSPS) is 11.7. The van der Waals surface area contributed by atoms with Crippen LogP contribution in [0.25, 0.3) is 43.4 Å². The van der Waals surface area contributed by atoms with Gasteiger partial charge in [-0.05, 0) is 22.9 Å². The molecule has 0 saturated heterocycles. The summed E-state index contributed by atoms with van der Waals surface area (Å²) < 4.78 is 0. The molecule has 3 heteroatoms. The second-order valence-electron chi connectivity index (χ2n) is 7.20. The molecule has 0 aliphatic carbocycles. The van der Waals surface area contributed by atoms with E-state index < -0.39 is 0 Å². The summed E-state index contributed by atoms with van der Waals surface area (Å²) >= 11 is 0. The third-order valence-electron chi connectivity index (χ3n) is 5.53. The SMILES string of the molecule is O=C(c1cc2ccc3ccccc3c2[nH]1)c1cc2ccc3ccccc3c2[nH]1. The molecule has 0 aliphatic rings. The highest BCUT2D eigenvalue weighted by Crippen LogP contribution is 2.29. The summed E-state index contributed by atoms with van der Waals surface area (Å²) in [7, 11) is 0. The van der Waals surface area contributed by atoms with Gasteiger partial charge in [-0.15, -0.1) is 0 Å². The van der Waals surface area contributed by atoms with Crippen LogP contribution >= 0.6 is 0 Å². The maximum absolute atomic E-state index is 13.2. The van der Waals surface area contributed by atoms with Gasteiger partial charge in [0, 0.05) is 21.5 Å². The number of carbonyl (C=O) groups excluding carboxylic acids is 1. The number of ketones is 1. The summed E-state index contributed by atoms with van der Waals surface area (Å²) in [5, 5.41) is 6.66. The van der Waals surface area contributed by atoms with Crippen molar-refractivity contribution >= 4 is 49.1 Å². The third-order valence-corrected chi connectivity index (χ3v) is 5.53. The van der Waals surface area contributed by atoms with E-state index in [0.717, 1.165) is 43.4 Å². The Kier molecular flexibility index (Phi) is 3.03. The average molecular weight is 360 g/mol. The summed E-state index contributed by atoms with van der Waals surface area (Å²) in [5.41, 5.74) is 3.20. The van der Waals surface area contributed by atoms with Gasteiger partial charge < -0.3 is 9.97 Å². The Morgan fingerprint density at radius 1 is 0.536 bits per heavy atom. The first-order valence-corrected chi connectivity index (χ1v) is 9.33. The molecule has 0 saturated carbocycles. The molecule has 0 spiro atoms. The van der Waals surface area contributed by atoms with Gasteiger partial charge in [-0.1, -0.05) is 72.8 Å². The molecular formula is C25H16N2O. The number of H-pyrrole nitrogens is 2. The van der Waals surface area contributed by atoms with Crippen LogP contribution in [0.15, 0.2) is 84.9 Å². The van der Waals surface area contributed by atoms with Gasteiger partial charge in [-0.2, -0.15) is 0 Å². The van der Waals surface area contributed by atoms with Crippen LogP contribution in [0.5, 0.6) is 0 Å². The van der Waals surface area contributed by atoms with Crippen molar-refractivity contribution in [2.75, 3.05) is 0 Å². The molecule has 28 heavy (non-hydrogen) atoms. The Bertz CT molecular complexity index is 1420. The van der Waals surface area contributed by atoms with Crippen LogP contribution in [-0.4, -0.2) is 15.8 Å². The van der Waals surface area contributed by atoms with Gasteiger partial charge in [-0.25, -0.2) is 0 Å². The minimum Gasteiger partial charge on any atom is -0.351 e. The maximum atomic E-state index is 13.2. The minimum atomic E-state index is -0.0273. The van der Waals surface area contributed by atoms with E-state index in [1.165, 1.54) is 0 Å². The van der Waals surface area contributed by atoms with Crippen molar-refractivity contribution in [3.63, 3.8) is 0 Å². The highest BCUT2D eigenvalue weighted by molar-refractivity contribution is 6.16. The maximum Gasteiger partial charge on any atom is 0.225 e. The lowest BCUT2D eigenvalue weighted by Crippen LogP contribution is -2.01. The molecule has 0 atom stereocenters. The Morgan fingerprint density at radius 3 is 1.46 bits per heavy atom. The second kappa shape index (κ2) is 5.57. The Morgan fingerprint density at radius 2 is 0.964 bits per heavy atom. The topological polar surface area (TPSA) is 48.6 Å². The van der Waals surface area contributed by atoms with E-state index in [2.05, 4.69) is 58.5 Å². The van der Waals surface area contributed by atoms with Crippen molar-refractivity contribution in [3.8, 4) is 0 Å². The molecule has 132 valence electrons. The predicted molar refractivity (Wildman–Crippen MR) is 115 cm³/mol. The number of carbonyl (C=O) groups is 1. The fourth-order valence-electron chi connectivity index (χ4n) is 4.14. The highest BCUT2D eigenvalue weighted by Gasteiger charge is 2.16. The summed E-state index contributed by atoms with van der Waals surface area (Å²) in [5.74, 6) is -0.0273. The lowest BCUT2D eigenvalue weighted by molar-refractivity contribution is 0.103. The zero-order valence-corrected chi connectivity index (χ0v) is 15.0. The van der Waals surface area contributed by atoms with Crippen LogP contribution in [0.4, 0.5) is 0 Å².